The summed E-state index contributed by atoms with van der Waals surface area (Å²) in [6.07, 6.45) is 5.48. The first-order valence-electron chi connectivity index (χ1n) is 4.85. The normalized spacial score (nSPS) is 10.3. The molecule has 1 heterocycles. The lowest BCUT2D eigenvalue weighted by Crippen LogP contribution is -1.89. The highest BCUT2D eigenvalue weighted by molar-refractivity contribution is 5.62. The lowest BCUT2D eigenvalue weighted by molar-refractivity contribution is 0.629. The minimum absolute atomic E-state index is 0.218. The molecular formula is C12H11FN2. The van der Waals surface area contributed by atoms with Crippen LogP contribution in [0.2, 0.25) is 0 Å². The van der Waals surface area contributed by atoms with Crippen molar-refractivity contribution in [3.05, 3.63) is 48.3 Å². The molecule has 0 radical (unpaired) electrons. The molecule has 1 aromatic carbocycles. The molecule has 76 valence electrons. The van der Waals surface area contributed by atoms with E-state index in [2.05, 4.69) is 9.97 Å². The maximum Gasteiger partial charge on any atom is 0.131 e. The van der Waals surface area contributed by atoms with Crippen LogP contribution in [-0.4, -0.2) is 9.97 Å². The number of aryl methyl sites for hydroxylation is 1. The Hall–Kier alpha value is -1.77. The van der Waals surface area contributed by atoms with Gasteiger partial charge < -0.3 is 0 Å². The van der Waals surface area contributed by atoms with Crippen LogP contribution in [-0.2, 0) is 6.42 Å². The number of rotatable bonds is 2. The van der Waals surface area contributed by atoms with Crippen molar-refractivity contribution in [2.24, 2.45) is 0 Å². The first kappa shape index (κ1) is 9.77. The van der Waals surface area contributed by atoms with Crippen LogP contribution in [0.1, 0.15) is 12.5 Å². The summed E-state index contributed by atoms with van der Waals surface area (Å²) in [6, 6.07) is 5.25. The summed E-state index contributed by atoms with van der Waals surface area (Å²) in [5.41, 5.74) is 2.25. The second-order valence-electron chi connectivity index (χ2n) is 3.29. The highest BCUT2D eigenvalue weighted by Gasteiger charge is 2.05. The van der Waals surface area contributed by atoms with Crippen molar-refractivity contribution in [1.82, 2.24) is 9.97 Å². The SMILES string of the molecule is CCc1ccc(-c2cncnc2)c(F)c1. The number of hydrogen-bond acceptors (Lipinski definition) is 2. The first-order valence-corrected chi connectivity index (χ1v) is 4.85. The summed E-state index contributed by atoms with van der Waals surface area (Å²) < 4.78 is 13.7. The van der Waals surface area contributed by atoms with E-state index in [4.69, 9.17) is 0 Å². The highest BCUT2D eigenvalue weighted by Crippen LogP contribution is 2.22. The monoisotopic (exact) mass is 202 g/mol. The standard InChI is InChI=1S/C12H11FN2/c1-2-9-3-4-11(12(13)5-9)10-6-14-8-15-7-10/h3-8H,2H2,1H3. The van der Waals surface area contributed by atoms with Crippen molar-refractivity contribution in [2.45, 2.75) is 13.3 Å². The second-order valence-corrected chi connectivity index (χ2v) is 3.29. The molecule has 0 bridgehead atoms. The fourth-order valence-corrected chi connectivity index (χ4v) is 1.45. The first-order chi connectivity index (χ1) is 7.31. The molecule has 0 N–H and O–H groups in total. The molecule has 0 spiro atoms. The molecule has 2 aromatic rings. The van der Waals surface area contributed by atoms with E-state index in [9.17, 15) is 4.39 Å². The van der Waals surface area contributed by atoms with Crippen molar-refractivity contribution < 1.29 is 4.39 Å². The van der Waals surface area contributed by atoms with Gasteiger partial charge in [0, 0.05) is 23.5 Å². The van der Waals surface area contributed by atoms with Crippen LogP contribution < -0.4 is 0 Å². The van der Waals surface area contributed by atoms with Crippen LogP contribution in [0.3, 0.4) is 0 Å². The highest BCUT2D eigenvalue weighted by atomic mass is 19.1. The van der Waals surface area contributed by atoms with Gasteiger partial charge in [0.1, 0.15) is 12.1 Å². The molecule has 3 heteroatoms. The molecule has 2 nitrogen and oxygen atoms in total. The van der Waals surface area contributed by atoms with Gasteiger partial charge in [-0.3, -0.25) is 0 Å². The van der Waals surface area contributed by atoms with Crippen LogP contribution in [0.25, 0.3) is 11.1 Å². The van der Waals surface area contributed by atoms with Crippen molar-refractivity contribution >= 4 is 0 Å². The lowest BCUT2D eigenvalue weighted by atomic mass is 10.0. The molecule has 0 aliphatic heterocycles. The molecule has 1 aromatic heterocycles. The zero-order valence-electron chi connectivity index (χ0n) is 8.44. The Morgan fingerprint density at radius 3 is 2.53 bits per heavy atom. The molecule has 0 saturated heterocycles. The second kappa shape index (κ2) is 4.17. The van der Waals surface area contributed by atoms with E-state index in [-0.39, 0.29) is 5.82 Å². The average Bonchev–Trinajstić information content (AvgIpc) is 2.30. The molecule has 0 aliphatic rings. The fourth-order valence-electron chi connectivity index (χ4n) is 1.45. The summed E-state index contributed by atoms with van der Waals surface area (Å²) in [6.45, 7) is 2.00. The van der Waals surface area contributed by atoms with Gasteiger partial charge in [0.15, 0.2) is 0 Å². The van der Waals surface area contributed by atoms with E-state index in [1.54, 1.807) is 24.5 Å². The lowest BCUT2D eigenvalue weighted by Gasteiger charge is -2.03. The Morgan fingerprint density at radius 2 is 1.93 bits per heavy atom. The minimum Gasteiger partial charge on any atom is -0.244 e. The smallest absolute Gasteiger partial charge is 0.131 e. The van der Waals surface area contributed by atoms with Gasteiger partial charge in [0.25, 0.3) is 0 Å². The molecule has 0 aliphatic carbocycles. The molecule has 0 amide bonds. The van der Waals surface area contributed by atoms with E-state index in [1.807, 2.05) is 13.0 Å². The summed E-state index contributed by atoms with van der Waals surface area (Å²) in [7, 11) is 0. The Morgan fingerprint density at radius 1 is 1.20 bits per heavy atom. The van der Waals surface area contributed by atoms with Gasteiger partial charge in [0.2, 0.25) is 0 Å². The van der Waals surface area contributed by atoms with Gasteiger partial charge in [-0.05, 0) is 18.1 Å². The van der Waals surface area contributed by atoms with Gasteiger partial charge in [0.05, 0.1) is 0 Å². The van der Waals surface area contributed by atoms with Gasteiger partial charge in [-0.1, -0.05) is 19.1 Å². The molecular weight excluding hydrogens is 191 g/mol. The zero-order valence-corrected chi connectivity index (χ0v) is 8.44. The number of halogens is 1. The van der Waals surface area contributed by atoms with Crippen LogP contribution >= 0.6 is 0 Å². The van der Waals surface area contributed by atoms with E-state index in [1.165, 1.54) is 6.33 Å². The van der Waals surface area contributed by atoms with Gasteiger partial charge >= 0.3 is 0 Å². The van der Waals surface area contributed by atoms with Crippen molar-refractivity contribution in [3.8, 4) is 11.1 Å². The van der Waals surface area contributed by atoms with E-state index in [0.717, 1.165) is 12.0 Å². The number of aromatic nitrogens is 2. The molecule has 15 heavy (non-hydrogen) atoms. The van der Waals surface area contributed by atoms with Crippen LogP contribution in [0.15, 0.2) is 36.9 Å². The molecule has 0 saturated carbocycles. The van der Waals surface area contributed by atoms with Crippen LogP contribution in [0.5, 0.6) is 0 Å². The third-order valence-electron chi connectivity index (χ3n) is 2.31. The quantitative estimate of drug-likeness (QED) is 0.748. The van der Waals surface area contributed by atoms with Gasteiger partial charge in [-0.2, -0.15) is 0 Å². The summed E-state index contributed by atoms with van der Waals surface area (Å²) in [4.78, 5) is 7.73. The molecule has 0 fully saturated rings. The molecule has 0 atom stereocenters. The zero-order chi connectivity index (χ0) is 10.7. The molecule has 0 unspecified atom stereocenters. The maximum absolute atomic E-state index is 13.7. The Balaban J connectivity index is 2.46. The van der Waals surface area contributed by atoms with E-state index in [0.29, 0.717) is 11.1 Å². The number of hydrogen-bond donors (Lipinski definition) is 0. The van der Waals surface area contributed by atoms with Crippen molar-refractivity contribution in [1.29, 1.82) is 0 Å². The van der Waals surface area contributed by atoms with Crippen LogP contribution in [0.4, 0.5) is 4.39 Å². The van der Waals surface area contributed by atoms with Crippen molar-refractivity contribution in [3.63, 3.8) is 0 Å². The van der Waals surface area contributed by atoms with Crippen molar-refractivity contribution in [2.75, 3.05) is 0 Å². The summed E-state index contributed by atoms with van der Waals surface area (Å²) >= 11 is 0. The fraction of sp³-hybridized carbons (Fsp3) is 0.167. The number of benzene rings is 1. The minimum atomic E-state index is -0.218. The third-order valence-corrected chi connectivity index (χ3v) is 2.31. The largest absolute Gasteiger partial charge is 0.244 e. The topological polar surface area (TPSA) is 25.8 Å². The third kappa shape index (κ3) is 2.01. The van der Waals surface area contributed by atoms with Crippen LogP contribution in [0, 0.1) is 5.82 Å². The summed E-state index contributed by atoms with van der Waals surface area (Å²) in [5.74, 6) is -0.218. The van der Waals surface area contributed by atoms with E-state index >= 15 is 0 Å². The maximum atomic E-state index is 13.7. The average molecular weight is 202 g/mol. The number of nitrogens with zero attached hydrogens (tertiary/aromatic N) is 2. The van der Waals surface area contributed by atoms with Gasteiger partial charge in [-0.15, -0.1) is 0 Å². The van der Waals surface area contributed by atoms with Gasteiger partial charge in [-0.25, -0.2) is 14.4 Å². The Kier molecular flexibility index (Phi) is 2.72. The molecule has 2 rings (SSSR count). The Labute approximate surface area is 87.8 Å². The Bertz CT molecular complexity index is 454. The predicted molar refractivity (Wildman–Crippen MR) is 56.8 cm³/mol. The van der Waals surface area contributed by atoms with E-state index < -0.39 is 0 Å². The predicted octanol–water partition coefficient (Wildman–Crippen LogP) is 2.85. The summed E-state index contributed by atoms with van der Waals surface area (Å²) in [5, 5.41) is 0.